The monoisotopic (exact) mass is 399 g/mol. The lowest BCUT2D eigenvalue weighted by atomic mass is 10.1. The van der Waals surface area contributed by atoms with Crippen molar-refractivity contribution in [2.45, 2.75) is 0 Å². The van der Waals surface area contributed by atoms with E-state index in [2.05, 4.69) is 15.2 Å². The fourth-order valence-corrected chi connectivity index (χ4v) is 3.48. The van der Waals surface area contributed by atoms with Crippen molar-refractivity contribution < 1.29 is 21.9 Å². The summed E-state index contributed by atoms with van der Waals surface area (Å²) >= 11 is 0.990. The first-order valence-corrected chi connectivity index (χ1v) is 8.67. The molecule has 0 radical (unpaired) electrons. The number of aromatic nitrogens is 2. The van der Waals surface area contributed by atoms with Crippen LogP contribution in [0.15, 0.2) is 71.0 Å². The molecule has 4 rings (SSSR count). The molecular formula is C18H14ClN5O2S. The summed E-state index contributed by atoms with van der Waals surface area (Å²) in [6.45, 7) is 0. The number of nitrogens with one attached hydrogen (secondary N) is 1. The van der Waals surface area contributed by atoms with E-state index >= 15 is 0 Å². The number of aryl methyl sites for hydroxylation is 1. The number of H-pyrrole nitrogens is 1. The summed E-state index contributed by atoms with van der Waals surface area (Å²) in [6, 6.07) is 17.7. The molecule has 7 nitrogen and oxygen atoms in total. The van der Waals surface area contributed by atoms with Gasteiger partial charge < -0.3 is 17.4 Å². The molecule has 0 amide bonds. The second-order valence-electron chi connectivity index (χ2n) is 5.68. The molecular weight excluding hydrogens is 386 g/mol. The van der Waals surface area contributed by atoms with E-state index in [1.54, 1.807) is 11.6 Å². The summed E-state index contributed by atoms with van der Waals surface area (Å²) in [5, 5.41) is 21.1. The van der Waals surface area contributed by atoms with Crippen molar-refractivity contribution in [3.8, 4) is 11.3 Å². The Hall–Kier alpha value is -3.10. The normalized spacial score (nSPS) is 11.0. The first-order chi connectivity index (χ1) is 12.6. The van der Waals surface area contributed by atoms with Gasteiger partial charge in [0.15, 0.2) is 6.20 Å². The van der Waals surface area contributed by atoms with Crippen molar-refractivity contribution in [3.05, 3.63) is 70.9 Å². The van der Waals surface area contributed by atoms with Crippen LogP contribution in [0.1, 0.15) is 0 Å². The van der Waals surface area contributed by atoms with Crippen molar-refractivity contribution in [1.82, 2.24) is 4.98 Å². The number of azo groups is 1. The van der Waals surface area contributed by atoms with Crippen LogP contribution in [0, 0.1) is 10.1 Å². The van der Waals surface area contributed by atoms with E-state index in [-0.39, 0.29) is 17.4 Å². The number of rotatable bonds is 4. The van der Waals surface area contributed by atoms with Gasteiger partial charge in [0.2, 0.25) is 0 Å². The Morgan fingerprint density at radius 3 is 2.48 bits per heavy atom. The van der Waals surface area contributed by atoms with E-state index in [4.69, 9.17) is 0 Å². The SMILES string of the molecule is C[n+]1cc([N+](=O)[O-])sc1/N=N/c1c(-c2ccccc2)[nH]c2ccccc12.[Cl-]. The molecule has 136 valence electrons. The lowest BCUT2D eigenvalue weighted by Gasteiger charge is -1.97. The minimum atomic E-state index is -0.426. The highest BCUT2D eigenvalue weighted by Crippen LogP contribution is 2.38. The Labute approximate surface area is 164 Å². The molecule has 2 aromatic heterocycles. The van der Waals surface area contributed by atoms with Crippen LogP contribution in [0.2, 0.25) is 0 Å². The van der Waals surface area contributed by atoms with E-state index in [9.17, 15) is 10.1 Å². The molecule has 0 atom stereocenters. The van der Waals surface area contributed by atoms with Crippen molar-refractivity contribution in [1.29, 1.82) is 0 Å². The Balaban J connectivity index is 0.00000210. The third kappa shape index (κ3) is 3.57. The highest BCUT2D eigenvalue weighted by atomic mass is 35.5. The first-order valence-electron chi connectivity index (χ1n) is 7.85. The second kappa shape index (κ2) is 7.65. The fraction of sp³-hybridized carbons (Fsp3) is 0.0556. The number of hydrogen-bond acceptors (Lipinski definition) is 5. The van der Waals surface area contributed by atoms with Crippen LogP contribution in [0.4, 0.5) is 15.8 Å². The van der Waals surface area contributed by atoms with Crippen LogP contribution in [-0.2, 0) is 7.05 Å². The standard InChI is InChI=1S/C18H13N5O2S.ClH/c1-22-11-15(23(24)25)26-18(22)21-20-17-13-9-5-6-10-14(13)19-16(17)12-7-3-2-4-8-12;/h2-11H,1H3;1H. The van der Waals surface area contributed by atoms with Gasteiger partial charge in [-0.2, -0.15) is 0 Å². The minimum absolute atomic E-state index is 0. The molecule has 1 N–H and O–H groups in total. The van der Waals surface area contributed by atoms with Crippen molar-refractivity contribution in [2.24, 2.45) is 17.3 Å². The highest BCUT2D eigenvalue weighted by Gasteiger charge is 2.22. The van der Waals surface area contributed by atoms with Gasteiger partial charge in [0, 0.05) is 27.8 Å². The predicted octanol–water partition coefficient (Wildman–Crippen LogP) is 2.05. The summed E-state index contributed by atoms with van der Waals surface area (Å²) < 4.78 is 1.60. The van der Waals surface area contributed by atoms with Gasteiger partial charge in [0.25, 0.3) is 0 Å². The molecule has 0 saturated heterocycles. The topological polar surface area (TPSA) is 87.5 Å². The summed E-state index contributed by atoms with van der Waals surface area (Å²) in [5.41, 5.74) is 3.54. The van der Waals surface area contributed by atoms with Crippen LogP contribution in [0.25, 0.3) is 22.2 Å². The number of thiazole rings is 1. The minimum Gasteiger partial charge on any atom is -1.00 e. The Morgan fingerprint density at radius 1 is 1.07 bits per heavy atom. The molecule has 0 bridgehead atoms. The van der Waals surface area contributed by atoms with Gasteiger partial charge in [-0.15, -0.1) is 0 Å². The average Bonchev–Trinajstić information content (AvgIpc) is 3.21. The molecule has 2 heterocycles. The van der Waals surface area contributed by atoms with Gasteiger partial charge in [-0.1, -0.05) is 48.5 Å². The zero-order valence-electron chi connectivity index (χ0n) is 14.2. The lowest BCUT2D eigenvalue weighted by Crippen LogP contribution is -3.00. The maximum Gasteiger partial charge on any atom is 0.414 e. The number of benzene rings is 2. The zero-order chi connectivity index (χ0) is 18.1. The predicted molar refractivity (Wildman–Crippen MR) is 100 cm³/mol. The number of fused-ring (bicyclic) bond motifs is 1. The highest BCUT2D eigenvalue weighted by molar-refractivity contribution is 7.17. The van der Waals surface area contributed by atoms with E-state index in [0.29, 0.717) is 10.8 Å². The molecule has 9 heteroatoms. The van der Waals surface area contributed by atoms with Crippen molar-refractivity contribution in [3.63, 3.8) is 0 Å². The number of para-hydroxylation sites is 1. The number of aromatic amines is 1. The molecule has 0 saturated carbocycles. The lowest BCUT2D eigenvalue weighted by molar-refractivity contribution is -0.656. The van der Waals surface area contributed by atoms with Gasteiger partial charge in [0.05, 0.1) is 22.8 Å². The zero-order valence-corrected chi connectivity index (χ0v) is 15.7. The molecule has 4 aromatic rings. The maximum absolute atomic E-state index is 10.9. The average molecular weight is 400 g/mol. The van der Waals surface area contributed by atoms with Gasteiger partial charge in [-0.05, 0) is 11.2 Å². The number of halogens is 1. The maximum atomic E-state index is 10.9. The first kappa shape index (κ1) is 18.7. The van der Waals surface area contributed by atoms with Crippen LogP contribution < -0.4 is 17.0 Å². The van der Waals surface area contributed by atoms with Gasteiger partial charge in [0.1, 0.15) is 5.69 Å². The smallest absolute Gasteiger partial charge is 0.414 e. The van der Waals surface area contributed by atoms with Gasteiger partial charge in [-0.25, -0.2) is 4.57 Å². The molecule has 0 fully saturated rings. The Kier molecular flexibility index (Phi) is 5.29. The molecule has 0 unspecified atom stereocenters. The number of hydrogen-bond donors (Lipinski definition) is 1. The second-order valence-corrected chi connectivity index (χ2v) is 6.67. The Bertz CT molecular complexity index is 1140. The van der Waals surface area contributed by atoms with Crippen LogP contribution in [0.3, 0.4) is 0 Å². The third-order valence-corrected chi connectivity index (χ3v) is 4.97. The Morgan fingerprint density at radius 2 is 1.78 bits per heavy atom. The summed E-state index contributed by atoms with van der Waals surface area (Å²) in [6.07, 6.45) is 1.44. The number of nitrogens with zero attached hydrogens (tertiary/aromatic N) is 4. The summed E-state index contributed by atoms with van der Waals surface area (Å²) in [5.74, 6) is 0. The summed E-state index contributed by atoms with van der Waals surface area (Å²) in [4.78, 5) is 13.9. The molecule has 0 aliphatic heterocycles. The summed E-state index contributed by atoms with van der Waals surface area (Å²) in [7, 11) is 1.71. The third-order valence-electron chi connectivity index (χ3n) is 3.96. The molecule has 0 aliphatic rings. The largest absolute Gasteiger partial charge is 1.00 e. The van der Waals surface area contributed by atoms with Crippen molar-refractivity contribution in [2.75, 3.05) is 0 Å². The molecule has 0 aliphatic carbocycles. The van der Waals surface area contributed by atoms with E-state index in [1.165, 1.54) is 6.20 Å². The molecule has 27 heavy (non-hydrogen) atoms. The molecule has 0 spiro atoms. The molecule has 2 aromatic carbocycles. The van der Waals surface area contributed by atoms with E-state index in [0.717, 1.165) is 33.5 Å². The van der Waals surface area contributed by atoms with E-state index in [1.807, 2.05) is 54.6 Å². The van der Waals surface area contributed by atoms with Crippen LogP contribution >= 0.6 is 11.3 Å². The number of nitro groups is 1. The van der Waals surface area contributed by atoms with Crippen LogP contribution in [0.5, 0.6) is 0 Å². The van der Waals surface area contributed by atoms with Crippen molar-refractivity contribution >= 4 is 38.1 Å². The fourth-order valence-electron chi connectivity index (χ4n) is 2.73. The quantitative estimate of drug-likeness (QED) is 0.246. The van der Waals surface area contributed by atoms with E-state index < -0.39 is 4.92 Å². The van der Waals surface area contributed by atoms with Gasteiger partial charge >= 0.3 is 10.1 Å². The van der Waals surface area contributed by atoms with Gasteiger partial charge in [-0.3, -0.25) is 10.1 Å². The van der Waals surface area contributed by atoms with Crippen LogP contribution in [-0.4, -0.2) is 9.91 Å².